The third kappa shape index (κ3) is 4.77. The third-order valence-electron chi connectivity index (χ3n) is 3.54. The summed E-state index contributed by atoms with van der Waals surface area (Å²) in [7, 11) is 0. The minimum Gasteiger partial charge on any atom is -0.469 e. The van der Waals surface area contributed by atoms with Crippen molar-refractivity contribution in [1.82, 2.24) is 0 Å². The van der Waals surface area contributed by atoms with Crippen LogP contribution in [-0.2, 0) is 9.47 Å². The van der Waals surface area contributed by atoms with Gasteiger partial charge in [0.05, 0.1) is 24.0 Å². The second-order valence-corrected chi connectivity index (χ2v) is 7.85. The number of amides is 1. The van der Waals surface area contributed by atoms with E-state index in [1.54, 1.807) is 41.5 Å². The van der Waals surface area contributed by atoms with Gasteiger partial charge in [-0.2, -0.15) is 0 Å². The molecule has 2 heterocycles. The number of thiophene rings is 1. The first kappa shape index (κ1) is 20.7. The summed E-state index contributed by atoms with van der Waals surface area (Å²) in [6, 6.07) is 1.53. The summed E-state index contributed by atoms with van der Waals surface area (Å²) in [6.07, 6.45) is 1.41. The van der Waals surface area contributed by atoms with Crippen LogP contribution in [-0.4, -0.2) is 30.1 Å². The molecule has 0 aliphatic carbocycles. The van der Waals surface area contributed by atoms with E-state index in [4.69, 9.17) is 13.9 Å². The van der Waals surface area contributed by atoms with Gasteiger partial charge in [0.15, 0.2) is 0 Å². The van der Waals surface area contributed by atoms with Crippen LogP contribution in [0.3, 0.4) is 0 Å². The van der Waals surface area contributed by atoms with Crippen molar-refractivity contribution in [3.8, 4) is 0 Å². The van der Waals surface area contributed by atoms with E-state index in [0.717, 1.165) is 11.3 Å². The minimum absolute atomic E-state index is 0.150. The molecule has 0 unspecified atom stereocenters. The van der Waals surface area contributed by atoms with Crippen LogP contribution in [0.15, 0.2) is 16.7 Å². The molecule has 1 amide bonds. The molecule has 0 saturated carbocycles. The van der Waals surface area contributed by atoms with Gasteiger partial charge in [-0.25, -0.2) is 9.59 Å². The Kier molecular flexibility index (Phi) is 6.10. The fourth-order valence-electron chi connectivity index (χ4n) is 2.36. The molecule has 8 heteroatoms. The van der Waals surface area contributed by atoms with E-state index in [9.17, 15) is 14.4 Å². The third-order valence-corrected chi connectivity index (χ3v) is 4.73. The molecule has 0 saturated heterocycles. The zero-order valence-corrected chi connectivity index (χ0v) is 17.0. The molecule has 0 aromatic carbocycles. The Morgan fingerprint density at radius 1 is 1.19 bits per heavy atom. The molecule has 7 nitrogen and oxygen atoms in total. The number of carbonyl (C=O) groups is 3. The molecule has 0 atom stereocenters. The lowest BCUT2D eigenvalue weighted by molar-refractivity contribution is 0.00744. The van der Waals surface area contributed by atoms with Crippen LogP contribution < -0.4 is 5.32 Å². The van der Waals surface area contributed by atoms with E-state index in [1.165, 1.54) is 12.3 Å². The Bertz CT molecular complexity index is 871. The molecule has 1 N–H and O–H groups in total. The highest BCUT2D eigenvalue weighted by molar-refractivity contribution is 7.18. The summed E-state index contributed by atoms with van der Waals surface area (Å²) in [5.41, 5.74) is 0.216. The number of hydrogen-bond acceptors (Lipinski definition) is 7. The van der Waals surface area contributed by atoms with Crippen molar-refractivity contribution in [3.05, 3.63) is 39.7 Å². The number of carbonyl (C=O) groups excluding carboxylic acids is 3. The Labute approximate surface area is 161 Å². The Balaban J connectivity index is 2.44. The van der Waals surface area contributed by atoms with Crippen molar-refractivity contribution < 1.29 is 28.3 Å². The first-order valence-corrected chi connectivity index (χ1v) is 9.26. The molecule has 2 rings (SSSR count). The number of aryl methyl sites for hydroxylation is 1. The maximum atomic E-state index is 12.5. The van der Waals surface area contributed by atoms with Crippen molar-refractivity contribution in [1.29, 1.82) is 0 Å². The number of anilines is 1. The molecule has 0 fully saturated rings. The second-order valence-electron chi connectivity index (χ2n) is 6.83. The number of furan rings is 1. The standard InChI is InChI=1S/C19H23NO6S/c1-7-24-17(22)13-10(2)14(18(23)26-19(4,5)6)27-16(13)20-15(21)12-8-9-25-11(12)3/h8-9H,7H2,1-6H3,(H,20,21). The average molecular weight is 393 g/mol. The predicted octanol–water partition coefficient (Wildman–Crippen LogP) is 4.34. The summed E-state index contributed by atoms with van der Waals surface area (Å²) < 4.78 is 15.6. The van der Waals surface area contributed by atoms with Gasteiger partial charge in [0, 0.05) is 0 Å². The fraction of sp³-hybridized carbons (Fsp3) is 0.421. The molecule has 2 aromatic rings. The van der Waals surface area contributed by atoms with Crippen LogP contribution in [0.5, 0.6) is 0 Å². The lowest BCUT2D eigenvalue weighted by atomic mass is 10.1. The van der Waals surface area contributed by atoms with Crippen molar-refractivity contribution in [2.45, 2.75) is 47.1 Å². The van der Waals surface area contributed by atoms with E-state index in [2.05, 4.69) is 5.32 Å². The summed E-state index contributed by atoms with van der Waals surface area (Å²) in [4.78, 5) is 37.7. The maximum Gasteiger partial charge on any atom is 0.349 e. The first-order valence-electron chi connectivity index (χ1n) is 8.44. The molecule has 146 valence electrons. The summed E-state index contributed by atoms with van der Waals surface area (Å²) in [6.45, 7) is 10.4. The molecule has 0 spiro atoms. The van der Waals surface area contributed by atoms with Crippen LogP contribution in [0.25, 0.3) is 0 Å². The van der Waals surface area contributed by atoms with Crippen molar-refractivity contribution in [2.24, 2.45) is 0 Å². The lowest BCUT2D eigenvalue weighted by Crippen LogP contribution is -2.23. The van der Waals surface area contributed by atoms with Gasteiger partial charge in [-0.15, -0.1) is 11.3 Å². The zero-order valence-electron chi connectivity index (χ0n) is 16.2. The Morgan fingerprint density at radius 2 is 1.85 bits per heavy atom. The van der Waals surface area contributed by atoms with Crippen LogP contribution in [0.4, 0.5) is 5.00 Å². The first-order chi connectivity index (χ1) is 12.5. The molecule has 0 aliphatic rings. The van der Waals surface area contributed by atoms with Gasteiger partial charge >= 0.3 is 11.9 Å². The topological polar surface area (TPSA) is 94.8 Å². The average Bonchev–Trinajstić information content (AvgIpc) is 3.09. The van der Waals surface area contributed by atoms with E-state index < -0.39 is 23.4 Å². The number of rotatable bonds is 5. The molecule has 27 heavy (non-hydrogen) atoms. The minimum atomic E-state index is -0.686. The summed E-state index contributed by atoms with van der Waals surface area (Å²) in [5.74, 6) is -1.16. The second kappa shape index (κ2) is 7.96. The molecule has 0 bridgehead atoms. The van der Waals surface area contributed by atoms with E-state index in [1.807, 2.05) is 0 Å². The maximum absolute atomic E-state index is 12.5. The van der Waals surface area contributed by atoms with Gasteiger partial charge in [0.2, 0.25) is 0 Å². The van der Waals surface area contributed by atoms with E-state index in [-0.39, 0.29) is 22.0 Å². The fourth-order valence-corrected chi connectivity index (χ4v) is 3.43. The Hall–Kier alpha value is -2.61. The van der Waals surface area contributed by atoms with E-state index in [0.29, 0.717) is 16.9 Å². The SMILES string of the molecule is CCOC(=O)c1c(NC(=O)c2ccoc2C)sc(C(=O)OC(C)(C)C)c1C. The predicted molar refractivity (Wildman–Crippen MR) is 102 cm³/mol. The monoisotopic (exact) mass is 393 g/mol. The normalized spacial score (nSPS) is 11.2. The van der Waals surface area contributed by atoms with Crippen molar-refractivity contribution >= 4 is 34.2 Å². The highest BCUT2D eigenvalue weighted by Crippen LogP contribution is 2.35. The van der Waals surface area contributed by atoms with E-state index >= 15 is 0 Å². The molecular formula is C19H23NO6S. The van der Waals surface area contributed by atoms with Crippen LogP contribution in [0.1, 0.15) is 69.4 Å². The molecular weight excluding hydrogens is 370 g/mol. The number of hydrogen-bond donors (Lipinski definition) is 1. The van der Waals surface area contributed by atoms with Crippen LogP contribution in [0, 0.1) is 13.8 Å². The highest BCUT2D eigenvalue weighted by Gasteiger charge is 2.29. The van der Waals surface area contributed by atoms with Crippen LogP contribution >= 0.6 is 11.3 Å². The summed E-state index contributed by atoms with van der Waals surface area (Å²) in [5, 5.41) is 2.92. The summed E-state index contributed by atoms with van der Waals surface area (Å²) >= 11 is 0.983. The number of nitrogens with one attached hydrogen (secondary N) is 1. The van der Waals surface area contributed by atoms with Gasteiger partial charge in [-0.05, 0) is 53.2 Å². The highest BCUT2D eigenvalue weighted by atomic mass is 32.1. The van der Waals surface area contributed by atoms with Gasteiger partial charge in [0.25, 0.3) is 5.91 Å². The van der Waals surface area contributed by atoms with Gasteiger partial charge in [-0.1, -0.05) is 0 Å². The van der Waals surface area contributed by atoms with Gasteiger partial charge in [0.1, 0.15) is 21.2 Å². The molecule has 0 radical (unpaired) electrons. The number of esters is 2. The van der Waals surface area contributed by atoms with Crippen LogP contribution in [0.2, 0.25) is 0 Å². The van der Waals surface area contributed by atoms with Crippen molar-refractivity contribution in [3.63, 3.8) is 0 Å². The van der Waals surface area contributed by atoms with Gasteiger partial charge in [-0.3, -0.25) is 4.79 Å². The lowest BCUT2D eigenvalue weighted by Gasteiger charge is -2.19. The molecule has 0 aliphatic heterocycles. The van der Waals surface area contributed by atoms with Gasteiger partial charge < -0.3 is 19.2 Å². The molecule has 2 aromatic heterocycles. The zero-order chi connectivity index (χ0) is 20.4. The largest absolute Gasteiger partial charge is 0.469 e. The van der Waals surface area contributed by atoms with Crippen molar-refractivity contribution in [2.75, 3.05) is 11.9 Å². The quantitative estimate of drug-likeness (QED) is 0.759. The smallest absolute Gasteiger partial charge is 0.349 e. The Morgan fingerprint density at radius 3 is 2.37 bits per heavy atom. The number of ether oxygens (including phenoxy) is 2.